The van der Waals surface area contributed by atoms with Crippen LogP contribution >= 0.6 is 0 Å². The van der Waals surface area contributed by atoms with Crippen LogP contribution in [0.15, 0.2) is 29.3 Å². The summed E-state index contributed by atoms with van der Waals surface area (Å²) >= 11 is 0. The van der Waals surface area contributed by atoms with Crippen LogP contribution in [0, 0.1) is 5.92 Å². The van der Waals surface area contributed by atoms with Gasteiger partial charge in [-0.3, -0.25) is 19.4 Å². The third kappa shape index (κ3) is 11.6. The Bertz CT molecular complexity index is 997. The van der Waals surface area contributed by atoms with Crippen LogP contribution in [0.5, 0.6) is 5.75 Å². The lowest BCUT2D eigenvalue weighted by atomic mass is 9.98. The number of guanidine groups is 1. The third-order valence-corrected chi connectivity index (χ3v) is 6.19. The smallest absolute Gasteiger partial charge is 0.326 e. The van der Waals surface area contributed by atoms with Crippen LogP contribution in [-0.4, -0.2) is 81.8 Å². The van der Waals surface area contributed by atoms with Crippen LogP contribution in [0.1, 0.15) is 45.6 Å². The summed E-state index contributed by atoms with van der Waals surface area (Å²) in [7, 11) is 0. The van der Waals surface area contributed by atoms with Gasteiger partial charge in [0.2, 0.25) is 17.7 Å². The maximum Gasteiger partial charge on any atom is 0.326 e. The van der Waals surface area contributed by atoms with E-state index in [1.54, 1.807) is 26.0 Å². The number of rotatable bonds is 16. The molecule has 1 aromatic carbocycles. The molecule has 1 aromatic rings. The van der Waals surface area contributed by atoms with Crippen LogP contribution in [0.25, 0.3) is 0 Å². The lowest BCUT2D eigenvalue weighted by molar-refractivity contribution is -0.144. The van der Waals surface area contributed by atoms with Crippen molar-refractivity contribution in [3.63, 3.8) is 0 Å². The SMILES string of the molecule is CCC(C)C(NC(=O)C(CCCN=C(N)N)NC(=O)C(Cc1ccc(O)cc1)NC(=O)C(N)C(C)O)C(=O)O. The van der Waals surface area contributed by atoms with Crippen LogP contribution in [-0.2, 0) is 25.6 Å². The predicted octanol–water partition coefficient (Wildman–Crippen LogP) is -1.72. The summed E-state index contributed by atoms with van der Waals surface area (Å²) in [6, 6.07) is 1.04. The number of carbonyl (C=O) groups is 4. The fourth-order valence-electron chi connectivity index (χ4n) is 3.55. The summed E-state index contributed by atoms with van der Waals surface area (Å²) in [6.07, 6.45) is -0.390. The second-order valence-electron chi connectivity index (χ2n) is 9.42. The van der Waals surface area contributed by atoms with Gasteiger partial charge in [0.05, 0.1) is 6.10 Å². The van der Waals surface area contributed by atoms with Gasteiger partial charge in [-0.2, -0.15) is 0 Å². The Balaban J connectivity index is 3.21. The number of aliphatic hydroxyl groups is 1. The molecule has 12 N–H and O–H groups in total. The summed E-state index contributed by atoms with van der Waals surface area (Å²) in [5.74, 6) is -4.00. The largest absolute Gasteiger partial charge is 0.508 e. The van der Waals surface area contributed by atoms with Gasteiger partial charge < -0.3 is 48.5 Å². The van der Waals surface area contributed by atoms with Gasteiger partial charge in [0.15, 0.2) is 5.96 Å². The first-order valence-corrected chi connectivity index (χ1v) is 12.7. The molecule has 0 bridgehead atoms. The number of hydrogen-bond acceptors (Lipinski definition) is 8. The van der Waals surface area contributed by atoms with Crippen molar-refractivity contribution in [1.29, 1.82) is 0 Å². The molecule has 0 heterocycles. The zero-order valence-electron chi connectivity index (χ0n) is 22.5. The zero-order valence-corrected chi connectivity index (χ0v) is 22.5. The molecule has 0 aliphatic heterocycles. The van der Waals surface area contributed by atoms with E-state index in [-0.39, 0.29) is 43.4 Å². The molecule has 1 rings (SSSR count). The molecule has 0 radical (unpaired) electrons. The highest BCUT2D eigenvalue weighted by molar-refractivity contribution is 5.94. The summed E-state index contributed by atoms with van der Waals surface area (Å²) < 4.78 is 0. The number of aromatic hydroxyl groups is 1. The molecule has 0 spiro atoms. The van der Waals surface area contributed by atoms with Crippen molar-refractivity contribution in [2.75, 3.05) is 6.54 Å². The van der Waals surface area contributed by atoms with Gasteiger partial charge in [-0.15, -0.1) is 0 Å². The molecule has 14 nitrogen and oxygen atoms in total. The molecule has 0 aliphatic rings. The van der Waals surface area contributed by atoms with Gasteiger partial charge >= 0.3 is 5.97 Å². The molecule has 0 saturated heterocycles. The van der Waals surface area contributed by atoms with E-state index in [0.29, 0.717) is 12.0 Å². The quantitative estimate of drug-likeness (QED) is 0.0638. The number of phenols is 1. The summed E-state index contributed by atoms with van der Waals surface area (Å²) in [5, 5.41) is 36.4. The van der Waals surface area contributed by atoms with E-state index >= 15 is 0 Å². The standard InChI is InChI=1S/C25H41N7O7/c1-4-13(2)20(24(38)39)32-21(35)17(6-5-11-29-25(27)28)30-22(36)18(31-23(37)19(26)14(3)33)12-15-7-9-16(34)10-8-15/h7-10,13-14,17-20,33-34H,4-6,11-12,26H2,1-3H3,(H,30,36)(H,31,37)(H,32,35)(H,38,39)(H4,27,28,29). The molecular weight excluding hydrogens is 510 g/mol. The number of aliphatic carboxylic acids is 1. The second-order valence-corrected chi connectivity index (χ2v) is 9.42. The molecular formula is C25H41N7O7. The first kappa shape index (κ1) is 33.1. The zero-order chi connectivity index (χ0) is 29.7. The number of nitrogens with zero attached hydrogens (tertiary/aromatic N) is 1. The summed E-state index contributed by atoms with van der Waals surface area (Å²) in [4.78, 5) is 54.7. The Morgan fingerprint density at radius 2 is 1.51 bits per heavy atom. The van der Waals surface area contributed by atoms with Gasteiger partial charge in [0.25, 0.3) is 0 Å². The monoisotopic (exact) mass is 551 g/mol. The Morgan fingerprint density at radius 1 is 0.949 bits per heavy atom. The van der Waals surface area contributed by atoms with Crippen molar-refractivity contribution in [1.82, 2.24) is 16.0 Å². The fraction of sp³-hybridized carbons (Fsp3) is 0.560. The molecule has 0 fully saturated rings. The minimum absolute atomic E-state index is 0.00622. The van der Waals surface area contributed by atoms with E-state index in [9.17, 15) is 34.5 Å². The van der Waals surface area contributed by atoms with E-state index in [4.69, 9.17) is 17.2 Å². The van der Waals surface area contributed by atoms with Crippen LogP contribution in [0.4, 0.5) is 0 Å². The number of amides is 3. The average Bonchev–Trinajstić information content (AvgIpc) is 2.88. The first-order chi connectivity index (χ1) is 18.3. The third-order valence-electron chi connectivity index (χ3n) is 6.19. The Morgan fingerprint density at radius 3 is 2.03 bits per heavy atom. The van der Waals surface area contributed by atoms with E-state index in [2.05, 4.69) is 20.9 Å². The van der Waals surface area contributed by atoms with E-state index in [0.717, 1.165) is 0 Å². The molecule has 6 unspecified atom stereocenters. The van der Waals surface area contributed by atoms with Crippen LogP contribution < -0.4 is 33.2 Å². The second kappa shape index (κ2) is 16.1. The molecule has 6 atom stereocenters. The lowest BCUT2D eigenvalue weighted by Gasteiger charge is -2.27. The predicted molar refractivity (Wildman–Crippen MR) is 144 cm³/mol. The molecule has 218 valence electrons. The van der Waals surface area contributed by atoms with Gasteiger partial charge in [-0.25, -0.2) is 4.79 Å². The highest BCUT2D eigenvalue weighted by atomic mass is 16.4. The maximum atomic E-state index is 13.4. The number of nitrogens with two attached hydrogens (primary N) is 3. The highest BCUT2D eigenvalue weighted by Gasteiger charge is 2.32. The molecule has 3 amide bonds. The van der Waals surface area contributed by atoms with Crippen molar-refractivity contribution in [3.05, 3.63) is 29.8 Å². The van der Waals surface area contributed by atoms with Gasteiger partial charge in [0, 0.05) is 13.0 Å². The van der Waals surface area contributed by atoms with Crippen molar-refractivity contribution >= 4 is 29.7 Å². The minimum Gasteiger partial charge on any atom is -0.508 e. The Hall–Kier alpha value is -3.91. The average molecular weight is 552 g/mol. The maximum absolute atomic E-state index is 13.4. The van der Waals surface area contributed by atoms with Crippen molar-refractivity contribution in [3.8, 4) is 5.75 Å². The number of benzene rings is 1. The normalized spacial score (nSPS) is 15.5. The van der Waals surface area contributed by atoms with Crippen LogP contribution in [0.2, 0.25) is 0 Å². The fourth-order valence-corrected chi connectivity index (χ4v) is 3.55. The number of nitrogens with one attached hydrogen (secondary N) is 3. The summed E-state index contributed by atoms with van der Waals surface area (Å²) in [6.45, 7) is 4.95. The number of phenolic OH excluding ortho intramolecular Hbond substituents is 1. The number of carboxylic acid groups (broad SMARTS) is 1. The molecule has 0 aliphatic carbocycles. The van der Waals surface area contributed by atoms with E-state index in [1.807, 2.05) is 0 Å². The number of carbonyl (C=O) groups excluding carboxylic acids is 3. The number of aliphatic imine (C=N–C) groups is 1. The van der Waals surface area contributed by atoms with E-state index < -0.39 is 54.0 Å². The number of aliphatic hydroxyl groups excluding tert-OH is 1. The highest BCUT2D eigenvalue weighted by Crippen LogP contribution is 2.13. The van der Waals surface area contributed by atoms with E-state index in [1.165, 1.54) is 19.1 Å². The molecule has 0 aromatic heterocycles. The molecule has 39 heavy (non-hydrogen) atoms. The van der Waals surface area contributed by atoms with Crippen molar-refractivity contribution in [2.24, 2.45) is 28.1 Å². The Kier molecular flexibility index (Phi) is 13.7. The van der Waals surface area contributed by atoms with Crippen molar-refractivity contribution < 1.29 is 34.5 Å². The lowest BCUT2D eigenvalue weighted by Crippen LogP contribution is -2.59. The number of hydrogen-bond donors (Lipinski definition) is 9. The Labute approximate surface area is 227 Å². The van der Waals surface area contributed by atoms with Crippen molar-refractivity contribution in [2.45, 2.75) is 76.7 Å². The minimum atomic E-state index is -1.31. The number of carboxylic acids is 1. The van der Waals surface area contributed by atoms with Gasteiger partial charge in [0.1, 0.15) is 29.9 Å². The van der Waals surface area contributed by atoms with Gasteiger partial charge in [-0.05, 0) is 43.4 Å². The molecule has 0 saturated carbocycles. The van der Waals surface area contributed by atoms with Crippen LogP contribution in [0.3, 0.4) is 0 Å². The topological polar surface area (TPSA) is 255 Å². The first-order valence-electron chi connectivity index (χ1n) is 12.7. The molecule has 14 heteroatoms. The van der Waals surface area contributed by atoms with Gasteiger partial charge in [-0.1, -0.05) is 32.4 Å². The summed E-state index contributed by atoms with van der Waals surface area (Å²) in [5.41, 5.74) is 17.0.